The first kappa shape index (κ1) is 30.1. The van der Waals surface area contributed by atoms with Crippen LogP contribution in [0.5, 0.6) is 0 Å². The SMILES string of the molecule is C/C1=C/C[C@@H](/C(C)=C/c2csc(CO)n2)OC(=O)C[C@H](O)C(C)(C)C(=O)[C@H](I)[C@@H](O)[C@@H](C)CCC1. The number of Topliss-reactive ketones (excluding diaryl/α,β-unsaturated/α-hetero) is 1. The van der Waals surface area contributed by atoms with E-state index in [1.165, 1.54) is 11.3 Å². The molecule has 3 N–H and O–H groups in total. The van der Waals surface area contributed by atoms with Crippen LogP contribution in [0.2, 0.25) is 0 Å². The predicted octanol–water partition coefficient (Wildman–Crippen LogP) is 4.62. The normalized spacial score (nSPS) is 31.5. The lowest BCUT2D eigenvalue weighted by molar-refractivity contribution is -0.152. The highest BCUT2D eigenvalue weighted by Crippen LogP contribution is 2.33. The summed E-state index contributed by atoms with van der Waals surface area (Å²) in [5.41, 5.74) is 1.42. The summed E-state index contributed by atoms with van der Waals surface area (Å²) in [5, 5.41) is 33.3. The van der Waals surface area contributed by atoms with Gasteiger partial charge < -0.3 is 20.1 Å². The second-order valence-electron chi connectivity index (χ2n) is 10.0. The number of aromatic nitrogens is 1. The zero-order valence-corrected chi connectivity index (χ0v) is 24.1. The smallest absolute Gasteiger partial charge is 0.309 e. The first-order valence-electron chi connectivity index (χ1n) is 12.0. The highest BCUT2D eigenvalue weighted by Gasteiger charge is 2.43. The van der Waals surface area contributed by atoms with Crippen LogP contribution in [0.3, 0.4) is 0 Å². The second kappa shape index (κ2) is 13.4. The van der Waals surface area contributed by atoms with E-state index in [-0.39, 0.29) is 24.7 Å². The van der Waals surface area contributed by atoms with Crippen LogP contribution in [0.1, 0.15) is 77.4 Å². The Hall–Kier alpha value is -1.14. The minimum atomic E-state index is -1.25. The molecule has 0 bridgehead atoms. The fourth-order valence-corrected chi connectivity index (χ4v) is 6.11. The molecular weight excluding hydrogens is 581 g/mol. The average Bonchev–Trinajstić information content (AvgIpc) is 3.26. The maximum Gasteiger partial charge on any atom is 0.309 e. The predicted molar refractivity (Wildman–Crippen MR) is 146 cm³/mol. The number of thiazole rings is 1. The molecule has 2 rings (SSSR count). The lowest BCUT2D eigenvalue weighted by atomic mass is 9.77. The van der Waals surface area contributed by atoms with E-state index < -0.39 is 33.6 Å². The Morgan fingerprint density at radius 3 is 2.66 bits per heavy atom. The molecule has 0 aliphatic carbocycles. The zero-order chi connectivity index (χ0) is 26.3. The maximum absolute atomic E-state index is 13.2. The Morgan fingerprint density at radius 1 is 1.34 bits per heavy atom. The van der Waals surface area contributed by atoms with Gasteiger partial charge in [-0.1, -0.05) is 55.0 Å². The molecule has 35 heavy (non-hydrogen) atoms. The number of carbonyl (C=O) groups is 2. The van der Waals surface area contributed by atoms with Gasteiger partial charge in [-0.15, -0.1) is 11.3 Å². The lowest BCUT2D eigenvalue weighted by Gasteiger charge is -2.33. The minimum Gasteiger partial charge on any atom is -0.457 e. The summed E-state index contributed by atoms with van der Waals surface area (Å²) in [6.07, 6.45) is 3.91. The lowest BCUT2D eigenvalue weighted by Crippen LogP contribution is -2.47. The van der Waals surface area contributed by atoms with Crippen LogP contribution in [0.15, 0.2) is 22.6 Å². The molecule has 2 heterocycles. The monoisotopic (exact) mass is 619 g/mol. The van der Waals surface area contributed by atoms with Crippen LogP contribution in [0.25, 0.3) is 6.08 Å². The Morgan fingerprint density at radius 2 is 2.03 bits per heavy atom. The van der Waals surface area contributed by atoms with E-state index in [0.29, 0.717) is 17.1 Å². The zero-order valence-electron chi connectivity index (χ0n) is 21.2. The number of hydrogen-bond acceptors (Lipinski definition) is 8. The van der Waals surface area contributed by atoms with Crippen LogP contribution in [-0.4, -0.2) is 54.3 Å². The van der Waals surface area contributed by atoms with Crippen molar-refractivity contribution in [1.29, 1.82) is 0 Å². The number of carbonyl (C=O) groups excluding carboxylic acids is 2. The fourth-order valence-electron chi connectivity index (χ4n) is 3.98. The number of ether oxygens (including phenoxy) is 1. The molecule has 1 aliphatic heterocycles. The van der Waals surface area contributed by atoms with Crippen molar-refractivity contribution >= 4 is 51.8 Å². The van der Waals surface area contributed by atoms with Crippen molar-refractivity contribution in [3.05, 3.63) is 33.3 Å². The summed E-state index contributed by atoms with van der Waals surface area (Å²) in [6, 6.07) is 0. The number of nitrogens with zero attached hydrogens (tertiary/aromatic N) is 1. The van der Waals surface area contributed by atoms with Gasteiger partial charge in [-0.25, -0.2) is 4.98 Å². The molecule has 1 aromatic rings. The van der Waals surface area contributed by atoms with E-state index in [4.69, 9.17) is 4.74 Å². The van der Waals surface area contributed by atoms with Crippen molar-refractivity contribution in [2.75, 3.05) is 0 Å². The van der Waals surface area contributed by atoms with Crippen LogP contribution < -0.4 is 0 Å². The van der Waals surface area contributed by atoms with Gasteiger partial charge in [0.1, 0.15) is 11.1 Å². The number of esters is 1. The summed E-state index contributed by atoms with van der Waals surface area (Å²) in [7, 11) is 0. The highest BCUT2D eigenvalue weighted by molar-refractivity contribution is 14.1. The van der Waals surface area contributed by atoms with Gasteiger partial charge in [0.05, 0.1) is 40.3 Å². The van der Waals surface area contributed by atoms with Crippen LogP contribution in [0.4, 0.5) is 0 Å². The van der Waals surface area contributed by atoms with Gasteiger partial charge in [0.15, 0.2) is 5.78 Å². The molecular formula is C26H38INO6S. The van der Waals surface area contributed by atoms with Crippen LogP contribution in [-0.2, 0) is 20.9 Å². The minimum absolute atomic E-state index is 0.0701. The third kappa shape index (κ3) is 8.45. The van der Waals surface area contributed by atoms with E-state index in [1.54, 1.807) is 13.8 Å². The van der Waals surface area contributed by atoms with E-state index in [9.17, 15) is 24.9 Å². The summed E-state index contributed by atoms with van der Waals surface area (Å²) in [4.78, 5) is 30.3. The second-order valence-corrected chi connectivity index (χ2v) is 12.3. The van der Waals surface area contributed by atoms with Crippen molar-refractivity contribution in [2.24, 2.45) is 11.3 Å². The molecule has 9 heteroatoms. The molecule has 0 saturated carbocycles. The fraction of sp³-hybridized carbons (Fsp3) is 0.654. The van der Waals surface area contributed by atoms with Crippen molar-refractivity contribution in [2.45, 2.75) is 95.6 Å². The third-order valence-corrected chi connectivity index (χ3v) is 8.89. The van der Waals surface area contributed by atoms with Crippen LogP contribution >= 0.6 is 33.9 Å². The number of halogens is 1. The topological polar surface area (TPSA) is 117 Å². The van der Waals surface area contributed by atoms with Gasteiger partial charge in [0, 0.05) is 11.8 Å². The molecule has 5 atom stereocenters. The van der Waals surface area contributed by atoms with Crippen LogP contribution in [0, 0.1) is 11.3 Å². The Bertz CT molecular complexity index is 940. The van der Waals surface area contributed by atoms with E-state index in [2.05, 4.69) is 11.1 Å². The summed E-state index contributed by atoms with van der Waals surface area (Å²) >= 11 is 3.31. The quantitative estimate of drug-likeness (QED) is 0.196. The molecule has 196 valence electrons. The van der Waals surface area contributed by atoms with E-state index in [1.807, 2.05) is 54.8 Å². The number of allylic oxidation sites excluding steroid dienone is 1. The number of hydrogen-bond donors (Lipinski definition) is 3. The number of aliphatic hydroxyl groups excluding tert-OH is 3. The molecule has 7 nitrogen and oxygen atoms in total. The standard InChI is InChI=1S/C26H38INO6S/c1-15-7-6-8-16(2)24(32)23(27)25(33)26(4,5)20(30)12-22(31)34-19(10-9-15)17(3)11-18-14-35-21(13-29)28-18/h9,11,14,16,19-20,23-24,29-30,32H,6-8,10,12-13H2,1-5H3/b15-9-,17-11+/t16-,19-,20-,23+,24-/m0/s1. The number of rotatable bonds is 3. The molecule has 0 spiro atoms. The average molecular weight is 620 g/mol. The van der Waals surface area contributed by atoms with Crippen molar-refractivity contribution in [3.63, 3.8) is 0 Å². The molecule has 0 aromatic carbocycles. The Labute approximate surface area is 225 Å². The van der Waals surface area contributed by atoms with Gasteiger partial charge in [0.25, 0.3) is 0 Å². The number of ketones is 1. The van der Waals surface area contributed by atoms with Gasteiger partial charge in [-0.05, 0) is 50.7 Å². The Balaban J connectivity index is 2.33. The molecule has 0 fully saturated rings. The van der Waals surface area contributed by atoms with Gasteiger partial charge >= 0.3 is 5.97 Å². The van der Waals surface area contributed by atoms with Crippen molar-refractivity contribution < 1.29 is 29.6 Å². The van der Waals surface area contributed by atoms with Crippen molar-refractivity contribution in [3.8, 4) is 0 Å². The van der Waals surface area contributed by atoms with Crippen molar-refractivity contribution in [1.82, 2.24) is 4.98 Å². The van der Waals surface area contributed by atoms with Gasteiger partial charge in [-0.2, -0.15) is 0 Å². The summed E-state index contributed by atoms with van der Waals surface area (Å²) < 4.78 is 5.10. The van der Waals surface area contributed by atoms with Gasteiger partial charge in [-0.3, -0.25) is 9.59 Å². The number of cyclic esters (lactones) is 1. The molecule has 0 unspecified atom stereocenters. The highest BCUT2D eigenvalue weighted by atomic mass is 127. The molecule has 1 aromatic heterocycles. The largest absolute Gasteiger partial charge is 0.457 e. The maximum atomic E-state index is 13.2. The third-order valence-electron chi connectivity index (χ3n) is 6.73. The molecule has 0 radical (unpaired) electrons. The number of alkyl halides is 1. The summed E-state index contributed by atoms with van der Waals surface area (Å²) in [5.74, 6) is -0.946. The summed E-state index contributed by atoms with van der Waals surface area (Å²) in [6.45, 7) is 8.93. The number of aliphatic hydroxyl groups is 3. The molecule has 0 amide bonds. The Kier molecular flexibility index (Phi) is 11.5. The van der Waals surface area contributed by atoms with E-state index >= 15 is 0 Å². The first-order valence-corrected chi connectivity index (χ1v) is 14.1. The first-order chi connectivity index (χ1) is 16.4. The molecule has 1 aliphatic rings. The molecule has 0 saturated heterocycles. The van der Waals surface area contributed by atoms with Gasteiger partial charge in [0.2, 0.25) is 0 Å². The van der Waals surface area contributed by atoms with E-state index in [0.717, 1.165) is 30.4 Å².